The number of nitrogens with zero attached hydrogens (tertiary/aromatic N) is 5. The van der Waals surface area contributed by atoms with Crippen LogP contribution in [0.3, 0.4) is 0 Å². The molecule has 1 amide bonds. The van der Waals surface area contributed by atoms with E-state index in [9.17, 15) is 4.79 Å². The SMILES string of the molecule is C[C@H](Oc1ccccc1)C(=O)N1CCN(c2ccc(N3CCCCCC3)nn2)CC1. The topological polar surface area (TPSA) is 61.8 Å². The van der Waals surface area contributed by atoms with Gasteiger partial charge in [0.1, 0.15) is 5.75 Å². The molecule has 0 unspecified atom stereocenters. The number of anilines is 2. The second-order valence-electron chi connectivity index (χ2n) is 8.04. The molecule has 0 aliphatic carbocycles. The van der Waals surface area contributed by atoms with Gasteiger partial charge >= 0.3 is 0 Å². The van der Waals surface area contributed by atoms with Crippen molar-refractivity contribution in [1.29, 1.82) is 0 Å². The van der Waals surface area contributed by atoms with Gasteiger partial charge in [-0.25, -0.2) is 0 Å². The van der Waals surface area contributed by atoms with Crippen LogP contribution in [0.25, 0.3) is 0 Å². The highest BCUT2D eigenvalue weighted by Gasteiger charge is 2.26. The maximum atomic E-state index is 12.7. The monoisotopic (exact) mass is 409 g/mol. The first-order valence-electron chi connectivity index (χ1n) is 11.0. The van der Waals surface area contributed by atoms with Gasteiger partial charge in [0.2, 0.25) is 0 Å². The molecule has 1 atom stereocenters. The van der Waals surface area contributed by atoms with Crippen molar-refractivity contribution in [3.8, 4) is 5.75 Å². The highest BCUT2D eigenvalue weighted by Crippen LogP contribution is 2.20. The zero-order valence-electron chi connectivity index (χ0n) is 17.7. The van der Waals surface area contributed by atoms with E-state index in [1.807, 2.05) is 42.2 Å². The molecular formula is C23H31N5O2. The molecule has 2 aliphatic rings. The van der Waals surface area contributed by atoms with E-state index in [4.69, 9.17) is 4.74 Å². The van der Waals surface area contributed by atoms with Crippen molar-refractivity contribution in [3.05, 3.63) is 42.5 Å². The third-order valence-electron chi connectivity index (χ3n) is 5.89. The van der Waals surface area contributed by atoms with E-state index in [0.29, 0.717) is 13.1 Å². The number of amides is 1. The number of carbonyl (C=O) groups is 1. The summed E-state index contributed by atoms with van der Waals surface area (Å²) in [7, 11) is 0. The molecule has 2 aliphatic heterocycles. The summed E-state index contributed by atoms with van der Waals surface area (Å²) in [5, 5.41) is 8.96. The predicted molar refractivity (Wildman–Crippen MR) is 118 cm³/mol. The normalized spacial score (nSPS) is 18.6. The van der Waals surface area contributed by atoms with Crippen molar-refractivity contribution in [3.63, 3.8) is 0 Å². The highest BCUT2D eigenvalue weighted by molar-refractivity contribution is 5.81. The minimum Gasteiger partial charge on any atom is -0.481 e. The summed E-state index contributed by atoms with van der Waals surface area (Å²) in [5.74, 6) is 2.61. The van der Waals surface area contributed by atoms with Gasteiger partial charge in [0, 0.05) is 39.3 Å². The van der Waals surface area contributed by atoms with Crippen LogP contribution in [0.1, 0.15) is 32.6 Å². The van der Waals surface area contributed by atoms with Gasteiger partial charge in [-0.15, -0.1) is 10.2 Å². The van der Waals surface area contributed by atoms with Gasteiger partial charge in [-0.3, -0.25) is 4.79 Å². The summed E-state index contributed by atoms with van der Waals surface area (Å²) in [6.07, 6.45) is 4.57. The second-order valence-corrected chi connectivity index (χ2v) is 8.04. The van der Waals surface area contributed by atoms with Crippen LogP contribution in [0.4, 0.5) is 11.6 Å². The van der Waals surface area contributed by atoms with Crippen molar-refractivity contribution in [2.75, 3.05) is 49.1 Å². The van der Waals surface area contributed by atoms with Crippen molar-refractivity contribution >= 4 is 17.5 Å². The summed E-state index contributed by atoms with van der Waals surface area (Å²) in [6, 6.07) is 13.6. The summed E-state index contributed by atoms with van der Waals surface area (Å²) >= 11 is 0. The number of ether oxygens (including phenoxy) is 1. The van der Waals surface area contributed by atoms with Crippen molar-refractivity contribution in [1.82, 2.24) is 15.1 Å². The lowest BCUT2D eigenvalue weighted by atomic mass is 10.2. The first-order chi connectivity index (χ1) is 14.7. The molecule has 0 saturated carbocycles. The maximum Gasteiger partial charge on any atom is 0.263 e. The minimum absolute atomic E-state index is 0.0288. The molecule has 30 heavy (non-hydrogen) atoms. The third-order valence-corrected chi connectivity index (χ3v) is 5.89. The van der Waals surface area contributed by atoms with Crippen molar-refractivity contribution in [2.45, 2.75) is 38.7 Å². The Bertz CT molecular complexity index is 798. The number of benzene rings is 1. The molecule has 0 radical (unpaired) electrons. The second kappa shape index (κ2) is 9.78. The standard InChI is InChI=1S/C23H31N5O2/c1-19(30-20-9-5-4-6-10-20)23(29)28-17-15-27(16-18-28)22-12-11-21(24-25-22)26-13-7-2-3-8-14-26/h4-6,9-12,19H,2-3,7-8,13-18H2,1H3/t19-/m0/s1. The van der Waals surface area contributed by atoms with Crippen LogP contribution in [-0.4, -0.2) is 66.4 Å². The van der Waals surface area contributed by atoms with E-state index in [1.54, 1.807) is 0 Å². The molecule has 1 aromatic carbocycles. The zero-order chi connectivity index (χ0) is 20.8. The summed E-state index contributed by atoms with van der Waals surface area (Å²) in [6.45, 7) is 6.78. The molecular weight excluding hydrogens is 378 g/mol. The quantitative estimate of drug-likeness (QED) is 0.757. The average molecular weight is 410 g/mol. The number of piperazine rings is 1. The summed E-state index contributed by atoms with van der Waals surface area (Å²) in [4.78, 5) is 19.2. The van der Waals surface area contributed by atoms with E-state index in [-0.39, 0.29) is 5.91 Å². The lowest BCUT2D eigenvalue weighted by molar-refractivity contribution is -0.138. The Labute approximate surface area is 178 Å². The predicted octanol–water partition coefficient (Wildman–Crippen LogP) is 2.97. The van der Waals surface area contributed by atoms with Crippen LogP contribution >= 0.6 is 0 Å². The highest BCUT2D eigenvalue weighted by atomic mass is 16.5. The number of hydrogen-bond acceptors (Lipinski definition) is 6. The van der Waals surface area contributed by atoms with Gasteiger partial charge in [0.05, 0.1) is 0 Å². The van der Waals surface area contributed by atoms with Crippen LogP contribution < -0.4 is 14.5 Å². The molecule has 3 heterocycles. The third kappa shape index (κ3) is 5.01. The lowest BCUT2D eigenvalue weighted by Crippen LogP contribution is -2.52. The maximum absolute atomic E-state index is 12.7. The van der Waals surface area contributed by atoms with Crippen molar-refractivity contribution < 1.29 is 9.53 Å². The van der Waals surface area contributed by atoms with Gasteiger partial charge in [0.25, 0.3) is 5.91 Å². The Balaban J connectivity index is 1.29. The van der Waals surface area contributed by atoms with Crippen LogP contribution in [-0.2, 0) is 4.79 Å². The van der Waals surface area contributed by atoms with E-state index < -0.39 is 6.10 Å². The van der Waals surface area contributed by atoms with Crippen LogP contribution in [0.2, 0.25) is 0 Å². The minimum atomic E-state index is -0.494. The smallest absolute Gasteiger partial charge is 0.263 e. The fourth-order valence-electron chi connectivity index (χ4n) is 4.12. The number of aromatic nitrogens is 2. The zero-order valence-corrected chi connectivity index (χ0v) is 17.7. The fourth-order valence-corrected chi connectivity index (χ4v) is 4.12. The molecule has 2 aromatic rings. The van der Waals surface area contributed by atoms with E-state index >= 15 is 0 Å². The summed E-state index contributed by atoms with van der Waals surface area (Å²) < 4.78 is 5.79. The molecule has 0 N–H and O–H groups in total. The van der Waals surface area contributed by atoms with Gasteiger partial charge in [-0.2, -0.15) is 0 Å². The Kier molecular flexibility index (Phi) is 6.67. The molecule has 2 fully saturated rings. The van der Waals surface area contributed by atoms with Crippen LogP contribution in [0.5, 0.6) is 5.75 Å². The molecule has 7 nitrogen and oxygen atoms in total. The molecule has 160 valence electrons. The first kappa shape index (κ1) is 20.4. The largest absolute Gasteiger partial charge is 0.481 e. The van der Waals surface area contributed by atoms with Gasteiger partial charge < -0.3 is 19.4 Å². The number of carbonyl (C=O) groups excluding carboxylic acids is 1. The van der Waals surface area contributed by atoms with Gasteiger partial charge in [0.15, 0.2) is 17.7 Å². The van der Waals surface area contributed by atoms with E-state index in [0.717, 1.165) is 43.6 Å². The molecule has 0 bridgehead atoms. The van der Waals surface area contributed by atoms with Crippen LogP contribution in [0, 0.1) is 0 Å². The molecule has 1 aromatic heterocycles. The average Bonchev–Trinajstić information content (AvgIpc) is 3.09. The van der Waals surface area contributed by atoms with Gasteiger partial charge in [-0.1, -0.05) is 31.0 Å². The Morgan fingerprint density at radius 2 is 1.37 bits per heavy atom. The Morgan fingerprint density at radius 3 is 1.93 bits per heavy atom. The molecule has 7 heteroatoms. The van der Waals surface area contributed by atoms with E-state index in [1.165, 1.54) is 25.7 Å². The number of para-hydroxylation sites is 1. The van der Waals surface area contributed by atoms with E-state index in [2.05, 4.69) is 32.1 Å². The Morgan fingerprint density at radius 1 is 0.800 bits per heavy atom. The van der Waals surface area contributed by atoms with Crippen LogP contribution in [0.15, 0.2) is 42.5 Å². The molecule has 4 rings (SSSR count). The van der Waals surface area contributed by atoms with Crippen molar-refractivity contribution in [2.24, 2.45) is 0 Å². The number of hydrogen-bond donors (Lipinski definition) is 0. The van der Waals surface area contributed by atoms with Gasteiger partial charge in [-0.05, 0) is 44.0 Å². The first-order valence-corrected chi connectivity index (χ1v) is 11.0. The fraction of sp³-hybridized carbons (Fsp3) is 0.522. The summed E-state index contributed by atoms with van der Waals surface area (Å²) in [5.41, 5.74) is 0. The Hall–Kier alpha value is -2.83. The number of rotatable bonds is 5. The molecule has 0 spiro atoms. The molecule has 2 saturated heterocycles. The lowest BCUT2D eigenvalue weighted by Gasteiger charge is -2.36.